The molecule has 94 valence electrons. The zero-order chi connectivity index (χ0) is 12.2. The first kappa shape index (κ1) is 13.6. The van der Waals surface area contributed by atoms with Crippen molar-refractivity contribution in [2.75, 3.05) is 31.1 Å². The molecule has 5 heteroatoms. The Kier molecular flexibility index (Phi) is 4.92. The molecule has 0 aromatic heterocycles. The van der Waals surface area contributed by atoms with E-state index in [0.717, 1.165) is 37.6 Å². The molecule has 1 aliphatic heterocycles. The third kappa shape index (κ3) is 4.22. The largest absolute Gasteiger partial charge is 0.481 e. The van der Waals surface area contributed by atoms with Crippen LogP contribution in [0.15, 0.2) is 0 Å². The van der Waals surface area contributed by atoms with E-state index in [1.807, 2.05) is 0 Å². The third-order valence-electron chi connectivity index (χ3n) is 3.13. The molecule has 1 rings (SSSR count). The van der Waals surface area contributed by atoms with Crippen LogP contribution in [0.1, 0.15) is 26.7 Å². The van der Waals surface area contributed by atoms with Crippen molar-refractivity contribution in [3.8, 4) is 0 Å². The standard InChI is InChI=1S/C11H21NO3S/c1-11(2,10(13)14)4-3-5-12-6-8-16(15)9-7-12/h3-9H2,1-2H3,(H,13,14). The fraction of sp³-hybridized carbons (Fsp3) is 0.909. The van der Waals surface area contributed by atoms with Gasteiger partial charge < -0.3 is 10.0 Å². The number of carbonyl (C=O) groups is 1. The minimum atomic E-state index is -0.729. The first-order chi connectivity index (χ1) is 7.42. The molecule has 0 aromatic carbocycles. The maximum absolute atomic E-state index is 11.1. The summed E-state index contributed by atoms with van der Waals surface area (Å²) in [6.45, 7) is 6.23. The van der Waals surface area contributed by atoms with Gasteiger partial charge in [0, 0.05) is 35.4 Å². The summed E-state index contributed by atoms with van der Waals surface area (Å²) >= 11 is 0. The summed E-state index contributed by atoms with van der Waals surface area (Å²) in [7, 11) is -0.627. The Hall–Kier alpha value is -0.420. The second-order valence-electron chi connectivity index (χ2n) is 4.98. The molecule has 0 radical (unpaired) electrons. The summed E-state index contributed by atoms with van der Waals surface area (Å²) in [5, 5.41) is 8.96. The lowest BCUT2D eigenvalue weighted by molar-refractivity contribution is -0.147. The van der Waals surface area contributed by atoms with E-state index >= 15 is 0 Å². The van der Waals surface area contributed by atoms with Crippen molar-refractivity contribution in [3.63, 3.8) is 0 Å². The molecule has 4 nitrogen and oxygen atoms in total. The lowest BCUT2D eigenvalue weighted by Gasteiger charge is -2.27. The monoisotopic (exact) mass is 247 g/mol. The molecule has 0 amide bonds. The molecule has 1 N–H and O–H groups in total. The van der Waals surface area contributed by atoms with E-state index in [-0.39, 0.29) is 0 Å². The number of rotatable bonds is 5. The average molecular weight is 247 g/mol. The van der Waals surface area contributed by atoms with Crippen molar-refractivity contribution in [3.05, 3.63) is 0 Å². The van der Waals surface area contributed by atoms with Gasteiger partial charge in [-0.1, -0.05) is 0 Å². The zero-order valence-corrected chi connectivity index (χ0v) is 10.9. The van der Waals surface area contributed by atoms with E-state index in [9.17, 15) is 9.00 Å². The Morgan fingerprint density at radius 1 is 1.38 bits per heavy atom. The number of carboxylic acid groups (broad SMARTS) is 1. The minimum absolute atomic E-state index is 0.626. The first-order valence-corrected chi connectivity index (χ1v) is 7.21. The van der Waals surface area contributed by atoms with Crippen LogP contribution in [0.2, 0.25) is 0 Å². The van der Waals surface area contributed by atoms with Crippen molar-refractivity contribution in [2.24, 2.45) is 5.41 Å². The lowest BCUT2D eigenvalue weighted by atomic mass is 9.88. The molecule has 0 aliphatic carbocycles. The van der Waals surface area contributed by atoms with Crippen molar-refractivity contribution in [2.45, 2.75) is 26.7 Å². The quantitative estimate of drug-likeness (QED) is 0.785. The molecule has 1 saturated heterocycles. The molecule has 0 atom stereocenters. The van der Waals surface area contributed by atoms with Gasteiger partial charge in [0.2, 0.25) is 0 Å². The molecule has 1 fully saturated rings. The molecular formula is C11H21NO3S. The summed E-state index contributed by atoms with van der Waals surface area (Å²) in [5.74, 6) is 0.803. The first-order valence-electron chi connectivity index (χ1n) is 5.72. The number of hydrogen-bond acceptors (Lipinski definition) is 3. The van der Waals surface area contributed by atoms with Crippen LogP contribution in [0.3, 0.4) is 0 Å². The Morgan fingerprint density at radius 3 is 2.44 bits per heavy atom. The highest BCUT2D eigenvalue weighted by Gasteiger charge is 2.26. The van der Waals surface area contributed by atoms with Crippen molar-refractivity contribution in [1.29, 1.82) is 0 Å². The number of aliphatic carboxylic acids is 1. The van der Waals surface area contributed by atoms with Crippen molar-refractivity contribution < 1.29 is 14.1 Å². The van der Waals surface area contributed by atoms with Gasteiger partial charge in [-0.25, -0.2) is 0 Å². The summed E-state index contributed by atoms with van der Waals surface area (Å²) in [6.07, 6.45) is 1.59. The van der Waals surface area contributed by atoms with Gasteiger partial charge in [-0.15, -0.1) is 0 Å². The maximum atomic E-state index is 11.1. The zero-order valence-electron chi connectivity index (χ0n) is 10.1. The van der Waals surface area contributed by atoms with E-state index in [2.05, 4.69) is 4.90 Å². The van der Waals surface area contributed by atoms with Crippen LogP contribution in [-0.2, 0) is 15.6 Å². The number of hydrogen-bond donors (Lipinski definition) is 1. The average Bonchev–Trinajstić information content (AvgIpc) is 2.20. The highest BCUT2D eigenvalue weighted by atomic mass is 32.2. The van der Waals surface area contributed by atoms with Crippen LogP contribution in [0.25, 0.3) is 0 Å². The van der Waals surface area contributed by atoms with Crippen LogP contribution in [0, 0.1) is 5.41 Å². The van der Waals surface area contributed by atoms with E-state index < -0.39 is 22.2 Å². The van der Waals surface area contributed by atoms with Crippen molar-refractivity contribution in [1.82, 2.24) is 4.90 Å². The molecule has 0 bridgehead atoms. The Balaban J connectivity index is 2.21. The van der Waals surface area contributed by atoms with Crippen LogP contribution < -0.4 is 0 Å². The molecule has 0 spiro atoms. The molecule has 16 heavy (non-hydrogen) atoms. The smallest absolute Gasteiger partial charge is 0.309 e. The van der Waals surface area contributed by atoms with E-state index in [1.165, 1.54) is 0 Å². The van der Waals surface area contributed by atoms with Crippen molar-refractivity contribution >= 4 is 16.8 Å². The normalized spacial score (nSPS) is 19.9. The second kappa shape index (κ2) is 5.77. The summed E-state index contributed by atoms with van der Waals surface area (Å²) in [5.41, 5.74) is -0.626. The highest BCUT2D eigenvalue weighted by molar-refractivity contribution is 7.85. The predicted molar refractivity (Wildman–Crippen MR) is 65.0 cm³/mol. The maximum Gasteiger partial charge on any atom is 0.309 e. The van der Waals surface area contributed by atoms with Crippen LogP contribution >= 0.6 is 0 Å². The topological polar surface area (TPSA) is 57.6 Å². The van der Waals surface area contributed by atoms with Crippen LogP contribution in [0.5, 0.6) is 0 Å². The van der Waals surface area contributed by atoms with Gasteiger partial charge in [0.1, 0.15) is 0 Å². The summed E-state index contributed by atoms with van der Waals surface area (Å²) in [6, 6.07) is 0. The number of carboxylic acids is 1. The lowest BCUT2D eigenvalue weighted by Crippen LogP contribution is -2.38. The molecule has 0 saturated carbocycles. The minimum Gasteiger partial charge on any atom is -0.481 e. The molecule has 0 aromatic rings. The molecular weight excluding hydrogens is 226 g/mol. The van der Waals surface area contributed by atoms with Gasteiger partial charge in [-0.2, -0.15) is 0 Å². The van der Waals surface area contributed by atoms with Gasteiger partial charge in [0.15, 0.2) is 0 Å². The molecule has 0 unspecified atom stereocenters. The Labute approximate surface area is 99.5 Å². The third-order valence-corrected chi connectivity index (χ3v) is 4.40. The fourth-order valence-corrected chi connectivity index (χ4v) is 2.88. The van der Waals surface area contributed by atoms with E-state index in [0.29, 0.717) is 6.42 Å². The van der Waals surface area contributed by atoms with E-state index in [1.54, 1.807) is 13.8 Å². The highest BCUT2D eigenvalue weighted by Crippen LogP contribution is 2.22. The second-order valence-corrected chi connectivity index (χ2v) is 6.68. The van der Waals surface area contributed by atoms with E-state index in [4.69, 9.17) is 5.11 Å². The van der Waals surface area contributed by atoms with Gasteiger partial charge in [-0.3, -0.25) is 9.00 Å². The van der Waals surface area contributed by atoms with Gasteiger partial charge >= 0.3 is 5.97 Å². The SMILES string of the molecule is CC(C)(CCCN1CCS(=O)CC1)C(=O)O. The molecule has 1 heterocycles. The van der Waals surface area contributed by atoms with Crippen LogP contribution in [-0.4, -0.2) is 51.3 Å². The summed E-state index contributed by atoms with van der Waals surface area (Å²) < 4.78 is 11.1. The van der Waals surface area contributed by atoms with Crippen LogP contribution in [0.4, 0.5) is 0 Å². The number of nitrogens with zero attached hydrogens (tertiary/aromatic N) is 1. The van der Waals surface area contributed by atoms with Gasteiger partial charge in [-0.05, 0) is 33.2 Å². The van der Waals surface area contributed by atoms with Gasteiger partial charge in [0.05, 0.1) is 5.41 Å². The Morgan fingerprint density at radius 2 is 1.94 bits per heavy atom. The van der Waals surface area contributed by atoms with Gasteiger partial charge in [0.25, 0.3) is 0 Å². The molecule has 1 aliphatic rings. The fourth-order valence-electron chi connectivity index (χ4n) is 1.75. The summed E-state index contributed by atoms with van der Waals surface area (Å²) in [4.78, 5) is 13.2. The Bertz CT molecular complexity index is 268. The predicted octanol–water partition coefficient (Wildman–Crippen LogP) is 0.942.